The van der Waals surface area contributed by atoms with Gasteiger partial charge in [0.15, 0.2) is 5.78 Å². The van der Waals surface area contributed by atoms with Gasteiger partial charge in [0.25, 0.3) is 5.69 Å². The Morgan fingerprint density at radius 3 is 2.50 bits per heavy atom. The molecule has 0 unspecified atom stereocenters. The molecule has 1 N–H and O–H groups in total. The van der Waals surface area contributed by atoms with E-state index in [0.717, 1.165) is 17.8 Å². The molecule has 0 saturated carbocycles. The Morgan fingerprint density at radius 2 is 1.87 bits per heavy atom. The number of hydrogen-bond donors (Lipinski definition) is 1. The lowest BCUT2D eigenvalue weighted by Crippen LogP contribution is -1.99. The van der Waals surface area contributed by atoms with Gasteiger partial charge < -0.3 is 9.52 Å². The number of furan rings is 1. The van der Waals surface area contributed by atoms with Gasteiger partial charge in [-0.1, -0.05) is 0 Å². The number of non-ortho nitro benzene ring substituents is 1. The molecular formula is C21H14FNO6S. The molecule has 9 heteroatoms. The Labute approximate surface area is 174 Å². The van der Waals surface area contributed by atoms with Crippen molar-refractivity contribution in [2.45, 2.75) is 4.90 Å². The number of nitro groups is 1. The normalized spacial score (nSPS) is 11.0. The van der Waals surface area contributed by atoms with Crippen molar-refractivity contribution in [1.82, 2.24) is 0 Å². The zero-order chi connectivity index (χ0) is 21.7. The number of nitro benzene ring substituents is 1. The molecule has 0 aliphatic heterocycles. The summed E-state index contributed by atoms with van der Waals surface area (Å²) in [6.45, 7) is 0. The van der Waals surface area contributed by atoms with Gasteiger partial charge in [-0.3, -0.25) is 19.7 Å². The summed E-state index contributed by atoms with van der Waals surface area (Å²) < 4.78 is 19.7. The van der Waals surface area contributed by atoms with Crippen LogP contribution in [0.5, 0.6) is 0 Å². The summed E-state index contributed by atoms with van der Waals surface area (Å²) >= 11 is 0.833. The van der Waals surface area contributed by atoms with Crippen molar-refractivity contribution in [3.63, 3.8) is 0 Å². The highest BCUT2D eigenvalue weighted by molar-refractivity contribution is 8.00. The molecule has 7 nitrogen and oxygen atoms in total. The molecule has 2 aromatic carbocycles. The van der Waals surface area contributed by atoms with Crippen molar-refractivity contribution in [2.75, 3.05) is 5.75 Å². The molecule has 0 aliphatic rings. The van der Waals surface area contributed by atoms with Crippen LogP contribution in [0.25, 0.3) is 17.4 Å². The lowest BCUT2D eigenvalue weighted by molar-refractivity contribution is -0.384. The molecule has 0 amide bonds. The van der Waals surface area contributed by atoms with Crippen LogP contribution in [0.2, 0.25) is 0 Å². The molecule has 152 valence electrons. The Bertz CT molecular complexity index is 1140. The highest BCUT2D eigenvalue weighted by atomic mass is 32.2. The molecule has 0 saturated heterocycles. The van der Waals surface area contributed by atoms with E-state index in [1.807, 2.05) is 0 Å². The van der Waals surface area contributed by atoms with E-state index in [-0.39, 0.29) is 21.9 Å². The maximum atomic E-state index is 14.0. The average Bonchev–Trinajstić information content (AvgIpc) is 3.20. The van der Waals surface area contributed by atoms with Gasteiger partial charge in [0.2, 0.25) is 0 Å². The smallest absolute Gasteiger partial charge is 0.313 e. The molecule has 1 aromatic heterocycles. The Kier molecular flexibility index (Phi) is 6.43. The maximum Gasteiger partial charge on any atom is 0.313 e. The van der Waals surface area contributed by atoms with Crippen molar-refractivity contribution in [3.8, 4) is 11.3 Å². The minimum absolute atomic E-state index is 0.0318. The summed E-state index contributed by atoms with van der Waals surface area (Å²) in [5.41, 5.74) is 0.726. The quantitative estimate of drug-likeness (QED) is 0.176. The van der Waals surface area contributed by atoms with Gasteiger partial charge in [-0.25, -0.2) is 4.39 Å². The number of ketones is 1. The zero-order valence-corrected chi connectivity index (χ0v) is 16.1. The first-order valence-electron chi connectivity index (χ1n) is 8.54. The van der Waals surface area contributed by atoms with Crippen LogP contribution < -0.4 is 0 Å². The molecule has 0 radical (unpaired) electrons. The van der Waals surface area contributed by atoms with Crippen molar-refractivity contribution >= 4 is 35.3 Å². The third-order valence-electron chi connectivity index (χ3n) is 3.96. The number of rotatable bonds is 8. The van der Waals surface area contributed by atoms with Crippen LogP contribution in [0.15, 0.2) is 70.0 Å². The van der Waals surface area contributed by atoms with Gasteiger partial charge in [0, 0.05) is 28.2 Å². The van der Waals surface area contributed by atoms with E-state index in [0.29, 0.717) is 17.1 Å². The number of benzene rings is 2. The minimum Gasteiger partial charge on any atom is -0.481 e. The van der Waals surface area contributed by atoms with E-state index in [2.05, 4.69) is 0 Å². The fraction of sp³-hybridized carbons (Fsp3) is 0.0476. The van der Waals surface area contributed by atoms with Crippen LogP contribution in [0, 0.1) is 15.9 Å². The maximum absolute atomic E-state index is 14.0. The molecule has 0 aliphatic carbocycles. The second-order valence-electron chi connectivity index (χ2n) is 6.03. The standard InChI is InChI=1S/C21H14FNO6S/c22-17-11-14(3-10-20(17)30-12-21(25)26)18(24)8-6-16-7-9-19(29-16)13-1-4-15(5-2-13)23(27)28/h1-11H,12H2,(H,25,26)/b8-6+. The fourth-order valence-electron chi connectivity index (χ4n) is 2.51. The van der Waals surface area contributed by atoms with Gasteiger partial charge in [0.05, 0.1) is 10.7 Å². The van der Waals surface area contributed by atoms with Gasteiger partial charge in [-0.05, 0) is 54.6 Å². The Balaban J connectivity index is 1.69. The number of allylic oxidation sites excluding steroid dienone is 1. The molecule has 30 heavy (non-hydrogen) atoms. The van der Waals surface area contributed by atoms with Gasteiger partial charge in [-0.2, -0.15) is 0 Å². The largest absolute Gasteiger partial charge is 0.481 e. The molecule has 0 spiro atoms. The van der Waals surface area contributed by atoms with E-state index < -0.39 is 22.5 Å². The third kappa shape index (κ3) is 5.21. The average molecular weight is 427 g/mol. The van der Waals surface area contributed by atoms with Gasteiger partial charge in [-0.15, -0.1) is 11.8 Å². The lowest BCUT2D eigenvalue weighted by atomic mass is 10.1. The van der Waals surface area contributed by atoms with E-state index in [9.17, 15) is 24.1 Å². The van der Waals surface area contributed by atoms with Crippen molar-refractivity contribution in [3.05, 3.63) is 87.9 Å². The summed E-state index contributed by atoms with van der Waals surface area (Å²) in [6, 6.07) is 13.0. The van der Waals surface area contributed by atoms with E-state index in [1.165, 1.54) is 36.4 Å². The predicted octanol–water partition coefficient (Wildman–Crippen LogP) is 5.07. The number of carbonyl (C=O) groups excluding carboxylic acids is 1. The number of thioether (sulfide) groups is 1. The number of halogens is 1. The van der Waals surface area contributed by atoms with Crippen LogP contribution in [-0.4, -0.2) is 27.5 Å². The van der Waals surface area contributed by atoms with Crippen LogP contribution in [-0.2, 0) is 4.79 Å². The number of carboxylic acids is 1. The second kappa shape index (κ2) is 9.19. The number of nitrogens with zero attached hydrogens (tertiary/aromatic N) is 1. The van der Waals surface area contributed by atoms with E-state index in [1.54, 1.807) is 24.3 Å². The predicted molar refractivity (Wildman–Crippen MR) is 109 cm³/mol. The summed E-state index contributed by atoms with van der Waals surface area (Å²) in [4.78, 5) is 33.2. The summed E-state index contributed by atoms with van der Waals surface area (Å²) in [6.07, 6.45) is 2.67. The third-order valence-corrected chi connectivity index (χ3v) is 4.99. The van der Waals surface area contributed by atoms with Gasteiger partial charge in [0.1, 0.15) is 17.3 Å². The van der Waals surface area contributed by atoms with Crippen molar-refractivity contribution < 1.29 is 28.4 Å². The first-order valence-corrected chi connectivity index (χ1v) is 9.53. The van der Waals surface area contributed by atoms with E-state index in [4.69, 9.17) is 9.52 Å². The zero-order valence-electron chi connectivity index (χ0n) is 15.3. The Hall–Kier alpha value is -3.72. The lowest BCUT2D eigenvalue weighted by Gasteiger charge is -2.02. The fourth-order valence-corrected chi connectivity index (χ4v) is 3.15. The molecule has 0 fully saturated rings. The number of hydrogen-bond acceptors (Lipinski definition) is 6. The molecule has 0 bridgehead atoms. The summed E-state index contributed by atoms with van der Waals surface area (Å²) in [5.74, 6) is -1.60. The number of carboxylic acid groups (broad SMARTS) is 1. The Morgan fingerprint density at radius 1 is 1.13 bits per heavy atom. The highest BCUT2D eigenvalue weighted by Gasteiger charge is 2.11. The first kappa shape index (κ1) is 21.0. The molecule has 0 atom stereocenters. The summed E-state index contributed by atoms with van der Waals surface area (Å²) in [7, 11) is 0. The SMILES string of the molecule is O=C(O)CSc1ccc(C(=O)/C=C/c2ccc(-c3ccc([N+](=O)[O-])cc3)o2)cc1F. The monoisotopic (exact) mass is 427 g/mol. The molecular weight excluding hydrogens is 413 g/mol. The second-order valence-corrected chi connectivity index (χ2v) is 7.05. The molecule has 1 heterocycles. The van der Waals surface area contributed by atoms with Crippen LogP contribution in [0.1, 0.15) is 16.1 Å². The highest BCUT2D eigenvalue weighted by Crippen LogP contribution is 2.26. The minimum atomic E-state index is -1.06. The van der Waals surface area contributed by atoms with Crippen LogP contribution in [0.3, 0.4) is 0 Å². The summed E-state index contributed by atoms with van der Waals surface area (Å²) in [5, 5.41) is 19.4. The van der Waals surface area contributed by atoms with Crippen molar-refractivity contribution in [2.24, 2.45) is 0 Å². The molecule has 3 aromatic rings. The molecule has 3 rings (SSSR count). The number of carbonyl (C=O) groups is 2. The van der Waals surface area contributed by atoms with E-state index >= 15 is 0 Å². The first-order chi connectivity index (χ1) is 14.3. The van der Waals surface area contributed by atoms with Crippen molar-refractivity contribution in [1.29, 1.82) is 0 Å². The van der Waals surface area contributed by atoms with Crippen LogP contribution >= 0.6 is 11.8 Å². The number of aliphatic carboxylic acids is 1. The van der Waals surface area contributed by atoms with Gasteiger partial charge >= 0.3 is 5.97 Å². The van der Waals surface area contributed by atoms with Crippen LogP contribution in [0.4, 0.5) is 10.1 Å². The topological polar surface area (TPSA) is 111 Å².